The molecule has 0 bridgehead atoms. The third-order valence-electron chi connectivity index (χ3n) is 6.39. The Kier molecular flexibility index (Phi) is 7.48. The number of anilines is 2. The molecular formula is C28H31N3O4. The number of hydrogen-bond donors (Lipinski definition) is 4. The second kappa shape index (κ2) is 10.7. The van der Waals surface area contributed by atoms with E-state index in [1.54, 1.807) is 19.1 Å². The first-order chi connectivity index (χ1) is 16.9. The van der Waals surface area contributed by atoms with Crippen LogP contribution in [0.3, 0.4) is 0 Å². The van der Waals surface area contributed by atoms with Crippen LogP contribution >= 0.6 is 0 Å². The maximum absolute atomic E-state index is 12.4. The van der Waals surface area contributed by atoms with Gasteiger partial charge in [0.05, 0.1) is 25.3 Å². The molecule has 0 saturated heterocycles. The lowest BCUT2D eigenvalue weighted by molar-refractivity contribution is -0.117. The van der Waals surface area contributed by atoms with E-state index in [-0.39, 0.29) is 37.1 Å². The van der Waals surface area contributed by atoms with Gasteiger partial charge < -0.3 is 25.7 Å². The Morgan fingerprint density at radius 1 is 0.971 bits per heavy atom. The number of amides is 2. The predicted octanol–water partition coefficient (Wildman–Crippen LogP) is 3.73. The third kappa shape index (κ3) is 5.37. The van der Waals surface area contributed by atoms with Crippen molar-refractivity contribution in [1.82, 2.24) is 5.32 Å². The minimum Gasteiger partial charge on any atom is -0.394 e. The number of rotatable bonds is 7. The molecule has 7 heteroatoms. The lowest BCUT2D eigenvalue weighted by Gasteiger charge is -2.39. The maximum atomic E-state index is 12.4. The molecule has 0 saturated carbocycles. The van der Waals surface area contributed by atoms with Crippen molar-refractivity contribution in [2.24, 2.45) is 0 Å². The normalized spacial score (nSPS) is 17.1. The molecule has 0 spiro atoms. The highest BCUT2D eigenvalue weighted by Crippen LogP contribution is 2.41. The van der Waals surface area contributed by atoms with Gasteiger partial charge in [0.2, 0.25) is 5.91 Å². The summed E-state index contributed by atoms with van der Waals surface area (Å²) in [5.74, 6) is -0.336. The van der Waals surface area contributed by atoms with Crippen molar-refractivity contribution in [2.75, 3.05) is 23.4 Å². The minimum absolute atomic E-state index is 0.0177. The van der Waals surface area contributed by atoms with Crippen LogP contribution in [0.2, 0.25) is 0 Å². The van der Waals surface area contributed by atoms with Crippen molar-refractivity contribution in [1.29, 1.82) is 0 Å². The van der Waals surface area contributed by atoms with E-state index in [0.717, 1.165) is 34.5 Å². The molecule has 3 aromatic rings. The van der Waals surface area contributed by atoms with Crippen molar-refractivity contribution < 1.29 is 19.8 Å². The molecule has 3 aromatic carbocycles. The number of benzene rings is 3. The second-order valence-corrected chi connectivity index (χ2v) is 8.92. The summed E-state index contributed by atoms with van der Waals surface area (Å²) < 4.78 is 0. The Hall–Kier alpha value is -3.68. The zero-order valence-electron chi connectivity index (χ0n) is 19.9. The zero-order chi connectivity index (χ0) is 24.9. The van der Waals surface area contributed by atoms with Crippen molar-refractivity contribution in [3.63, 3.8) is 0 Å². The number of aliphatic hydroxyl groups excluding tert-OH is 2. The summed E-state index contributed by atoms with van der Waals surface area (Å²) in [7, 11) is 0. The number of carbonyl (C=O) groups excluding carboxylic acids is 2. The van der Waals surface area contributed by atoms with E-state index in [1.807, 2.05) is 59.5 Å². The number of para-hydroxylation sites is 1. The van der Waals surface area contributed by atoms with Gasteiger partial charge in [-0.05, 0) is 66.4 Å². The summed E-state index contributed by atoms with van der Waals surface area (Å²) in [5.41, 5.74) is 5.35. The average Bonchev–Trinajstić information content (AvgIpc) is 2.87. The summed E-state index contributed by atoms with van der Waals surface area (Å²) in [4.78, 5) is 26.7. The molecule has 2 amide bonds. The molecule has 0 aromatic heterocycles. The summed E-state index contributed by atoms with van der Waals surface area (Å²) in [6, 6.07) is 22.7. The molecule has 4 rings (SSSR count). The molecule has 7 nitrogen and oxygen atoms in total. The highest BCUT2D eigenvalue weighted by Gasteiger charge is 2.32. The summed E-state index contributed by atoms with van der Waals surface area (Å²) in [6.45, 7) is 3.01. The number of carbonyl (C=O) groups is 2. The van der Waals surface area contributed by atoms with Crippen LogP contribution in [0.1, 0.15) is 42.2 Å². The zero-order valence-corrected chi connectivity index (χ0v) is 19.9. The van der Waals surface area contributed by atoms with E-state index in [2.05, 4.69) is 23.6 Å². The lowest BCUT2D eigenvalue weighted by atomic mass is 9.88. The number of nitrogens with one attached hydrogen (secondary N) is 2. The van der Waals surface area contributed by atoms with E-state index >= 15 is 0 Å². The van der Waals surface area contributed by atoms with Crippen LogP contribution in [0.5, 0.6) is 0 Å². The molecule has 1 aliphatic heterocycles. The highest BCUT2D eigenvalue weighted by molar-refractivity contribution is 5.95. The van der Waals surface area contributed by atoms with Crippen LogP contribution in [0.25, 0.3) is 11.1 Å². The fourth-order valence-electron chi connectivity index (χ4n) is 4.63. The molecule has 35 heavy (non-hydrogen) atoms. The van der Waals surface area contributed by atoms with Gasteiger partial charge in [0.25, 0.3) is 5.91 Å². The van der Waals surface area contributed by atoms with Crippen molar-refractivity contribution in [3.05, 3.63) is 83.9 Å². The number of fused-ring (bicyclic) bond motifs is 1. The van der Waals surface area contributed by atoms with Crippen molar-refractivity contribution in [2.45, 2.75) is 38.4 Å². The van der Waals surface area contributed by atoms with E-state index in [9.17, 15) is 19.8 Å². The smallest absolute Gasteiger partial charge is 0.251 e. The quantitative estimate of drug-likeness (QED) is 0.419. The van der Waals surface area contributed by atoms with Crippen LogP contribution < -0.4 is 15.5 Å². The van der Waals surface area contributed by atoms with E-state index in [1.165, 1.54) is 0 Å². The Labute approximate surface area is 205 Å². The Morgan fingerprint density at radius 3 is 2.26 bits per heavy atom. The molecular weight excluding hydrogens is 442 g/mol. The monoisotopic (exact) mass is 473 g/mol. The van der Waals surface area contributed by atoms with Crippen LogP contribution in [0, 0.1) is 0 Å². The second-order valence-electron chi connectivity index (χ2n) is 8.92. The molecule has 0 fully saturated rings. The molecule has 2 atom stereocenters. The van der Waals surface area contributed by atoms with Crippen LogP contribution in [0.15, 0.2) is 72.8 Å². The highest BCUT2D eigenvalue weighted by atomic mass is 16.3. The van der Waals surface area contributed by atoms with Gasteiger partial charge in [0.1, 0.15) is 0 Å². The molecule has 1 heterocycles. The van der Waals surface area contributed by atoms with Gasteiger partial charge in [-0.1, -0.05) is 36.4 Å². The molecule has 0 aliphatic carbocycles. The first-order valence-electron chi connectivity index (χ1n) is 11.8. The lowest BCUT2D eigenvalue weighted by Crippen LogP contribution is -2.43. The van der Waals surface area contributed by atoms with Gasteiger partial charge in [0, 0.05) is 29.9 Å². The van der Waals surface area contributed by atoms with E-state index < -0.39 is 6.04 Å². The van der Waals surface area contributed by atoms with Crippen LogP contribution in [-0.4, -0.2) is 47.3 Å². The predicted molar refractivity (Wildman–Crippen MR) is 137 cm³/mol. The maximum Gasteiger partial charge on any atom is 0.251 e. The standard InChI is InChI=1S/C28H31N3O4/c1-18-14-26(29-23-6-4-3-5-7-23)25-15-22(12-13-27(25)31(18)19(2)34)20-8-10-21(11-9-20)28(35)30-24(16-32)17-33/h3-13,15,18,24,26,29,32-33H,14,16-17H2,1-2H3,(H,30,35). The first kappa shape index (κ1) is 24.4. The SMILES string of the molecule is CC(=O)N1c2ccc(-c3ccc(C(=O)NC(CO)CO)cc3)cc2C(Nc2ccccc2)CC1C. The Morgan fingerprint density at radius 2 is 1.63 bits per heavy atom. The molecule has 2 unspecified atom stereocenters. The topological polar surface area (TPSA) is 102 Å². The number of nitrogens with zero attached hydrogens (tertiary/aromatic N) is 1. The molecule has 182 valence electrons. The fourth-order valence-corrected chi connectivity index (χ4v) is 4.63. The fraction of sp³-hybridized carbons (Fsp3) is 0.286. The number of aliphatic hydroxyl groups is 2. The van der Waals surface area contributed by atoms with Gasteiger partial charge in [-0.15, -0.1) is 0 Å². The van der Waals surface area contributed by atoms with Crippen LogP contribution in [-0.2, 0) is 4.79 Å². The van der Waals surface area contributed by atoms with Gasteiger partial charge in [-0.25, -0.2) is 0 Å². The van der Waals surface area contributed by atoms with Crippen LogP contribution in [0.4, 0.5) is 11.4 Å². The minimum atomic E-state index is -0.691. The van der Waals surface area contributed by atoms with Crippen molar-refractivity contribution >= 4 is 23.2 Å². The average molecular weight is 474 g/mol. The molecule has 4 N–H and O–H groups in total. The third-order valence-corrected chi connectivity index (χ3v) is 6.39. The first-order valence-corrected chi connectivity index (χ1v) is 11.8. The van der Waals surface area contributed by atoms with E-state index in [4.69, 9.17) is 0 Å². The summed E-state index contributed by atoms with van der Waals surface area (Å²) >= 11 is 0. The van der Waals surface area contributed by atoms with Gasteiger partial charge in [-0.3, -0.25) is 9.59 Å². The summed E-state index contributed by atoms with van der Waals surface area (Å²) in [6.07, 6.45) is 0.779. The number of hydrogen-bond acceptors (Lipinski definition) is 5. The molecule has 1 aliphatic rings. The van der Waals surface area contributed by atoms with Gasteiger partial charge >= 0.3 is 0 Å². The molecule has 0 radical (unpaired) electrons. The summed E-state index contributed by atoms with van der Waals surface area (Å²) in [5, 5.41) is 24.6. The van der Waals surface area contributed by atoms with Crippen molar-refractivity contribution in [3.8, 4) is 11.1 Å². The van der Waals surface area contributed by atoms with Gasteiger partial charge in [-0.2, -0.15) is 0 Å². The Bertz CT molecular complexity index is 1180. The largest absolute Gasteiger partial charge is 0.394 e. The Balaban J connectivity index is 1.65. The van der Waals surface area contributed by atoms with E-state index in [0.29, 0.717) is 5.56 Å². The van der Waals surface area contributed by atoms with Gasteiger partial charge in [0.15, 0.2) is 0 Å².